The van der Waals surface area contributed by atoms with Crippen LogP contribution >= 0.6 is 0 Å². The zero-order valence-electron chi connectivity index (χ0n) is 14.1. The van der Waals surface area contributed by atoms with Gasteiger partial charge in [-0.15, -0.1) is 10.2 Å². The predicted molar refractivity (Wildman–Crippen MR) is 100 cm³/mol. The summed E-state index contributed by atoms with van der Waals surface area (Å²) in [6.45, 7) is 0. The molecule has 0 spiro atoms. The molecule has 11 heteroatoms. The Morgan fingerprint density at radius 3 is 2.50 bits per heavy atom. The van der Waals surface area contributed by atoms with Gasteiger partial charge in [-0.1, -0.05) is 24.3 Å². The maximum Gasteiger partial charge on any atom is 0.289 e. The number of nitrogens with zero attached hydrogens (tertiary/aromatic N) is 5. The molecular formula is C17H12N6O4S. The molecule has 0 aliphatic carbocycles. The first-order valence-corrected chi connectivity index (χ1v) is 9.46. The molecule has 4 aromatic rings. The van der Waals surface area contributed by atoms with Gasteiger partial charge in [0.15, 0.2) is 10.5 Å². The smallest absolute Gasteiger partial charge is 0.279 e. The summed E-state index contributed by atoms with van der Waals surface area (Å²) in [4.78, 5) is 9.96. The Morgan fingerprint density at radius 1 is 1.00 bits per heavy atom. The molecule has 0 saturated carbocycles. The van der Waals surface area contributed by atoms with Gasteiger partial charge < -0.3 is 0 Å². The van der Waals surface area contributed by atoms with Crippen molar-refractivity contribution in [2.75, 3.05) is 4.72 Å². The topological polar surface area (TPSA) is 132 Å². The Bertz CT molecular complexity index is 1280. The van der Waals surface area contributed by atoms with Crippen molar-refractivity contribution < 1.29 is 13.3 Å². The van der Waals surface area contributed by atoms with E-state index in [4.69, 9.17) is 0 Å². The minimum atomic E-state index is -4.12. The average Bonchev–Trinajstić information content (AvgIpc) is 3.16. The number of nitro groups is 1. The van der Waals surface area contributed by atoms with Crippen molar-refractivity contribution in [1.29, 1.82) is 0 Å². The van der Waals surface area contributed by atoms with E-state index >= 15 is 0 Å². The Kier molecular flexibility index (Phi) is 4.20. The number of benzene rings is 2. The molecule has 0 unspecified atom stereocenters. The molecule has 10 nitrogen and oxygen atoms in total. The van der Waals surface area contributed by atoms with Gasteiger partial charge in [0.1, 0.15) is 6.33 Å². The van der Waals surface area contributed by atoms with E-state index in [-0.39, 0.29) is 5.69 Å². The van der Waals surface area contributed by atoms with E-state index in [1.165, 1.54) is 29.0 Å². The summed E-state index contributed by atoms with van der Waals surface area (Å²) in [6.07, 6.45) is 1.48. The van der Waals surface area contributed by atoms with Crippen molar-refractivity contribution in [3.8, 4) is 11.3 Å². The lowest BCUT2D eigenvalue weighted by Crippen LogP contribution is -2.14. The quantitative estimate of drug-likeness (QED) is 0.405. The maximum absolute atomic E-state index is 12.6. The van der Waals surface area contributed by atoms with Crippen LogP contribution in [0.3, 0.4) is 0 Å². The molecule has 2 aromatic heterocycles. The fourth-order valence-electron chi connectivity index (χ4n) is 2.64. The summed E-state index contributed by atoms with van der Waals surface area (Å²) in [6, 6.07) is 15.2. The summed E-state index contributed by atoms with van der Waals surface area (Å²) in [5, 5.41) is 23.1. The van der Waals surface area contributed by atoms with Gasteiger partial charge in [-0.05, 0) is 30.3 Å². The lowest BCUT2D eigenvalue weighted by atomic mass is 10.1. The molecule has 140 valence electrons. The normalized spacial score (nSPS) is 11.4. The highest BCUT2D eigenvalue weighted by Gasteiger charge is 2.25. The maximum atomic E-state index is 12.6. The number of anilines is 1. The van der Waals surface area contributed by atoms with Gasteiger partial charge in [0.25, 0.3) is 15.7 Å². The van der Waals surface area contributed by atoms with E-state index < -0.39 is 25.5 Å². The second-order valence-electron chi connectivity index (χ2n) is 5.76. The van der Waals surface area contributed by atoms with Crippen LogP contribution in [0.4, 0.5) is 11.4 Å². The molecule has 0 atom stereocenters. The highest BCUT2D eigenvalue weighted by atomic mass is 32.2. The summed E-state index contributed by atoms with van der Waals surface area (Å²) in [5.41, 5.74) is 1.80. The van der Waals surface area contributed by atoms with E-state index in [1.807, 2.05) is 0 Å². The van der Waals surface area contributed by atoms with Gasteiger partial charge in [0.2, 0.25) is 0 Å². The highest BCUT2D eigenvalue weighted by molar-refractivity contribution is 7.92. The van der Waals surface area contributed by atoms with Gasteiger partial charge in [-0.2, -0.15) is 9.61 Å². The van der Waals surface area contributed by atoms with Crippen LogP contribution in [0.15, 0.2) is 71.9 Å². The fraction of sp³-hybridized carbons (Fsp3) is 0. The summed E-state index contributed by atoms with van der Waals surface area (Å²) < 4.78 is 29.0. The first-order chi connectivity index (χ1) is 13.4. The Hall–Kier alpha value is -3.86. The van der Waals surface area contributed by atoms with Crippen molar-refractivity contribution in [1.82, 2.24) is 19.8 Å². The number of hydrogen-bond acceptors (Lipinski definition) is 7. The molecular weight excluding hydrogens is 384 g/mol. The minimum Gasteiger partial charge on any atom is -0.279 e. The number of rotatable bonds is 5. The van der Waals surface area contributed by atoms with Crippen LogP contribution in [-0.4, -0.2) is 33.2 Å². The van der Waals surface area contributed by atoms with Gasteiger partial charge in [-0.25, -0.2) is 8.42 Å². The Labute approximate surface area is 158 Å². The molecule has 0 aliphatic rings. The molecule has 0 saturated heterocycles. The summed E-state index contributed by atoms with van der Waals surface area (Å²) >= 11 is 0. The Morgan fingerprint density at radius 2 is 1.75 bits per heavy atom. The average molecular weight is 396 g/mol. The number of sulfonamides is 1. The number of hydrogen-bond donors (Lipinski definition) is 1. The van der Waals surface area contributed by atoms with E-state index in [9.17, 15) is 18.5 Å². The number of para-hydroxylation sites is 1. The van der Waals surface area contributed by atoms with E-state index in [2.05, 4.69) is 20.0 Å². The molecule has 2 heterocycles. The third-order valence-electron chi connectivity index (χ3n) is 3.95. The SMILES string of the molecule is O=[N+]([O-])c1ccccc1S(=O)(=O)Nc1ccc(-c2ccc3nncn3n2)cc1. The molecule has 4 rings (SSSR count). The van der Waals surface area contributed by atoms with Crippen LogP contribution in [-0.2, 0) is 10.0 Å². The highest BCUT2D eigenvalue weighted by Crippen LogP contribution is 2.26. The zero-order valence-corrected chi connectivity index (χ0v) is 14.9. The van der Waals surface area contributed by atoms with Crippen LogP contribution in [0, 0.1) is 10.1 Å². The third kappa shape index (κ3) is 3.25. The monoisotopic (exact) mass is 396 g/mol. The Balaban J connectivity index is 1.61. The molecule has 1 N–H and O–H groups in total. The van der Waals surface area contributed by atoms with Gasteiger partial charge in [0.05, 0.1) is 10.6 Å². The van der Waals surface area contributed by atoms with Crippen molar-refractivity contribution in [2.45, 2.75) is 4.90 Å². The molecule has 0 bridgehead atoms. The second kappa shape index (κ2) is 6.70. The molecule has 0 amide bonds. The fourth-order valence-corrected chi connectivity index (χ4v) is 3.87. The molecule has 2 aromatic carbocycles. The molecule has 0 radical (unpaired) electrons. The zero-order chi connectivity index (χ0) is 19.7. The number of nitro benzene ring substituents is 1. The standard InChI is InChI=1S/C17H12N6O4S/c24-23(25)15-3-1-2-4-16(15)28(26,27)21-13-7-5-12(6-8-13)14-9-10-17-19-18-11-22(17)20-14/h1-11,21H. The number of aromatic nitrogens is 4. The number of nitrogens with one attached hydrogen (secondary N) is 1. The minimum absolute atomic E-state index is 0.271. The van der Waals surface area contributed by atoms with Crippen LogP contribution in [0.5, 0.6) is 0 Å². The van der Waals surface area contributed by atoms with Crippen LogP contribution in [0.25, 0.3) is 16.9 Å². The third-order valence-corrected chi connectivity index (χ3v) is 5.37. The summed E-state index contributed by atoms with van der Waals surface area (Å²) in [5.74, 6) is 0. The van der Waals surface area contributed by atoms with E-state index in [0.29, 0.717) is 11.3 Å². The van der Waals surface area contributed by atoms with Crippen molar-refractivity contribution in [3.05, 3.63) is 77.1 Å². The van der Waals surface area contributed by atoms with Crippen LogP contribution in [0.2, 0.25) is 0 Å². The molecule has 0 fully saturated rings. The second-order valence-corrected chi connectivity index (χ2v) is 7.41. The van der Waals surface area contributed by atoms with Crippen LogP contribution < -0.4 is 4.72 Å². The first kappa shape index (κ1) is 17.5. The van der Waals surface area contributed by atoms with Crippen molar-refractivity contribution >= 4 is 27.0 Å². The lowest BCUT2D eigenvalue weighted by molar-refractivity contribution is -0.387. The molecule has 0 aliphatic heterocycles. The largest absolute Gasteiger partial charge is 0.289 e. The van der Waals surface area contributed by atoms with Crippen molar-refractivity contribution in [2.24, 2.45) is 0 Å². The van der Waals surface area contributed by atoms with Gasteiger partial charge >= 0.3 is 0 Å². The van der Waals surface area contributed by atoms with Crippen LogP contribution in [0.1, 0.15) is 0 Å². The van der Waals surface area contributed by atoms with Gasteiger partial charge in [0, 0.05) is 17.3 Å². The van der Waals surface area contributed by atoms with Gasteiger partial charge in [-0.3, -0.25) is 14.8 Å². The predicted octanol–water partition coefficient (Wildman–Crippen LogP) is 2.50. The summed E-state index contributed by atoms with van der Waals surface area (Å²) in [7, 11) is -4.12. The first-order valence-electron chi connectivity index (χ1n) is 7.98. The molecule has 28 heavy (non-hydrogen) atoms. The lowest BCUT2D eigenvalue weighted by Gasteiger charge is -2.09. The van der Waals surface area contributed by atoms with E-state index in [0.717, 1.165) is 11.6 Å². The number of fused-ring (bicyclic) bond motifs is 1. The van der Waals surface area contributed by atoms with E-state index in [1.54, 1.807) is 36.4 Å². The van der Waals surface area contributed by atoms with Crippen molar-refractivity contribution in [3.63, 3.8) is 0 Å².